The summed E-state index contributed by atoms with van der Waals surface area (Å²) in [7, 11) is 4.87. The molecule has 1 aliphatic carbocycles. The van der Waals surface area contributed by atoms with Crippen molar-refractivity contribution in [3.63, 3.8) is 0 Å². The summed E-state index contributed by atoms with van der Waals surface area (Å²) in [6.45, 7) is 6.68. The summed E-state index contributed by atoms with van der Waals surface area (Å²) in [5.74, 6) is 2.76. The first-order valence-corrected chi connectivity index (χ1v) is 9.93. The van der Waals surface area contributed by atoms with Crippen molar-refractivity contribution in [2.24, 2.45) is 10.4 Å². The van der Waals surface area contributed by atoms with E-state index >= 15 is 0 Å². The minimum Gasteiger partial charge on any atom is -0.493 e. The third-order valence-electron chi connectivity index (χ3n) is 5.58. The molecule has 1 aromatic carbocycles. The highest BCUT2D eigenvalue weighted by Gasteiger charge is 2.31. The number of aliphatic imine (C=N–C) groups is 1. The van der Waals surface area contributed by atoms with Gasteiger partial charge < -0.3 is 24.8 Å². The first-order chi connectivity index (χ1) is 13.1. The normalized spacial score (nSPS) is 16.1. The van der Waals surface area contributed by atoms with Gasteiger partial charge in [-0.15, -0.1) is 0 Å². The summed E-state index contributed by atoms with van der Waals surface area (Å²) >= 11 is 0. The van der Waals surface area contributed by atoms with Gasteiger partial charge in [0, 0.05) is 18.7 Å². The van der Waals surface area contributed by atoms with E-state index in [-0.39, 0.29) is 0 Å². The molecule has 0 atom stereocenters. The van der Waals surface area contributed by atoms with Gasteiger partial charge in [-0.25, -0.2) is 4.99 Å². The van der Waals surface area contributed by atoms with Crippen molar-refractivity contribution in [3.05, 3.63) is 17.7 Å². The van der Waals surface area contributed by atoms with Crippen molar-refractivity contribution in [2.75, 3.05) is 34.4 Å². The van der Waals surface area contributed by atoms with E-state index in [0.29, 0.717) is 29.2 Å². The van der Waals surface area contributed by atoms with Crippen LogP contribution < -0.4 is 24.8 Å². The summed E-state index contributed by atoms with van der Waals surface area (Å²) in [6.07, 6.45) is 6.50. The van der Waals surface area contributed by atoms with Gasteiger partial charge in [0.25, 0.3) is 0 Å². The summed E-state index contributed by atoms with van der Waals surface area (Å²) in [4.78, 5) is 4.77. The molecule has 1 fully saturated rings. The van der Waals surface area contributed by atoms with Crippen molar-refractivity contribution >= 4 is 5.96 Å². The Balaban J connectivity index is 2.14. The second-order valence-corrected chi connectivity index (χ2v) is 7.10. The minimum absolute atomic E-state index is 0.414. The Labute approximate surface area is 163 Å². The lowest BCUT2D eigenvalue weighted by atomic mass is 9.83. The molecular weight excluding hydrogens is 342 g/mol. The van der Waals surface area contributed by atoms with Crippen molar-refractivity contribution in [1.82, 2.24) is 10.6 Å². The highest BCUT2D eigenvalue weighted by Crippen LogP contribution is 2.41. The third-order valence-corrected chi connectivity index (χ3v) is 5.58. The van der Waals surface area contributed by atoms with Gasteiger partial charge in [-0.2, -0.15) is 0 Å². The molecule has 6 nitrogen and oxygen atoms in total. The Morgan fingerprint density at radius 2 is 1.70 bits per heavy atom. The molecule has 0 spiro atoms. The molecule has 1 aliphatic rings. The second-order valence-electron chi connectivity index (χ2n) is 7.10. The zero-order valence-corrected chi connectivity index (χ0v) is 17.5. The molecule has 0 unspecified atom stereocenters. The van der Waals surface area contributed by atoms with E-state index in [1.165, 1.54) is 32.1 Å². The topological polar surface area (TPSA) is 64.1 Å². The maximum atomic E-state index is 5.56. The number of benzene rings is 1. The number of rotatable bonds is 9. The number of hydrogen-bond acceptors (Lipinski definition) is 4. The molecule has 6 heteroatoms. The fourth-order valence-corrected chi connectivity index (χ4v) is 3.85. The average Bonchev–Trinajstić information content (AvgIpc) is 3.18. The molecule has 0 saturated heterocycles. The van der Waals surface area contributed by atoms with Gasteiger partial charge in [0.05, 0.1) is 27.9 Å². The number of guanidine groups is 1. The van der Waals surface area contributed by atoms with E-state index in [4.69, 9.17) is 19.2 Å². The molecule has 0 aromatic heterocycles. The summed E-state index contributed by atoms with van der Waals surface area (Å²) in [5.41, 5.74) is 1.37. The Morgan fingerprint density at radius 1 is 1.00 bits per heavy atom. The van der Waals surface area contributed by atoms with Gasteiger partial charge >= 0.3 is 0 Å². The molecule has 1 aromatic rings. The molecule has 0 aliphatic heterocycles. The van der Waals surface area contributed by atoms with Crippen molar-refractivity contribution in [1.29, 1.82) is 0 Å². The van der Waals surface area contributed by atoms with E-state index in [9.17, 15) is 0 Å². The van der Waals surface area contributed by atoms with Crippen LogP contribution >= 0.6 is 0 Å². The van der Waals surface area contributed by atoms with E-state index in [0.717, 1.165) is 24.6 Å². The van der Waals surface area contributed by atoms with Crippen LogP contribution in [-0.2, 0) is 6.54 Å². The van der Waals surface area contributed by atoms with Crippen LogP contribution in [0.4, 0.5) is 0 Å². The molecule has 0 bridgehead atoms. The average molecular weight is 378 g/mol. The monoisotopic (exact) mass is 377 g/mol. The van der Waals surface area contributed by atoms with Gasteiger partial charge in [-0.05, 0) is 43.7 Å². The molecule has 2 N–H and O–H groups in total. The third kappa shape index (κ3) is 5.21. The van der Waals surface area contributed by atoms with E-state index < -0.39 is 0 Å². The lowest BCUT2D eigenvalue weighted by Gasteiger charge is -2.28. The van der Waals surface area contributed by atoms with Crippen LogP contribution in [0.2, 0.25) is 0 Å². The second kappa shape index (κ2) is 10.3. The molecule has 2 rings (SSSR count). The predicted molar refractivity (Wildman–Crippen MR) is 110 cm³/mol. The van der Waals surface area contributed by atoms with Gasteiger partial charge in [0.1, 0.15) is 0 Å². The highest BCUT2D eigenvalue weighted by atomic mass is 16.5. The summed E-state index contributed by atoms with van der Waals surface area (Å²) in [5, 5.41) is 6.90. The van der Waals surface area contributed by atoms with Crippen LogP contribution in [0, 0.1) is 5.41 Å². The number of ether oxygens (including phenoxy) is 3. The Morgan fingerprint density at radius 3 is 2.26 bits per heavy atom. The van der Waals surface area contributed by atoms with Gasteiger partial charge in [0.2, 0.25) is 5.75 Å². The largest absolute Gasteiger partial charge is 0.493 e. The molecular formula is C21H35N3O3. The van der Waals surface area contributed by atoms with Gasteiger partial charge in [-0.3, -0.25) is 0 Å². The Hall–Kier alpha value is -2.11. The fraction of sp³-hybridized carbons (Fsp3) is 0.667. The number of nitrogens with zero attached hydrogens (tertiary/aromatic N) is 1. The number of nitrogens with one attached hydrogen (secondary N) is 2. The fourth-order valence-electron chi connectivity index (χ4n) is 3.85. The van der Waals surface area contributed by atoms with Crippen LogP contribution in [0.5, 0.6) is 17.2 Å². The van der Waals surface area contributed by atoms with Crippen molar-refractivity contribution in [2.45, 2.75) is 52.5 Å². The number of hydrogen-bond donors (Lipinski definition) is 2. The quantitative estimate of drug-likeness (QED) is 0.507. The Kier molecular flexibility index (Phi) is 8.07. The zero-order chi connectivity index (χ0) is 19.7. The van der Waals surface area contributed by atoms with Crippen LogP contribution in [0.15, 0.2) is 17.1 Å². The number of methoxy groups -OCH3 is 3. The summed E-state index contributed by atoms with van der Waals surface area (Å²) in [6, 6.07) is 3.86. The SMILES string of the molecule is CCNC(=NCc1ccc(OC)c(OC)c1OC)NCC1(CC)CCCC1. The minimum atomic E-state index is 0.414. The zero-order valence-electron chi connectivity index (χ0n) is 17.5. The lowest BCUT2D eigenvalue weighted by molar-refractivity contribution is 0.283. The van der Waals surface area contributed by atoms with Crippen molar-refractivity contribution in [3.8, 4) is 17.2 Å². The maximum absolute atomic E-state index is 5.56. The summed E-state index contributed by atoms with van der Waals surface area (Å²) < 4.78 is 16.4. The van der Waals surface area contributed by atoms with E-state index in [1.54, 1.807) is 21.3 Å². The van der Waals surface area contributed by atoms with Crippen LogP contribution in [0.3, 0.4) is 0 Å². The van der Waals surface area contributed by atoms with Gasteiger partial charge in [-0.1, -0.05) is 19.8 Å². The van der Waals surface area contributed by atoms with Crippen molar-refractivity contribution < 1.29 is 14.2 Å². The molecule has 0 amide bonds. The first-order valence-electron chi connectivity index (χ1n) is 9.93. The molecule has 0 radical (unpaired) electrons. The predicted octanol–water partition coefficient (Wildman–Crippen LogP) is 3.74. The first kappa shape index (κ1) is 21.2. The molecule has 0 heterocycles. The van der Waals surface area contributed by atoms with Crippen LogP contribution in [-0.4, -0.2) is 40.4 Å². The van der Waals surface area contributed by atoms with Crippen LogP contribution in [0.1, 0.15) is 51.5 Å². The lowest BCUT2D eigenvalue weighted by Crippen LogP contribution is -2.42. The van der Waals surface area contributed by atoms with Gasteiger partial charge in [0.15, 0.2) is 17.5 Å². The smallest absolute Gasteiger partial charge is 0.203 e. The van der Waals surface area contributed by atoms with E-state index in [2.05, 4.69) is 24.5 Å². The standard InChI is InChI=1S/C21H35N3O3/c1-6-21(12-8-9-13-21)15-24-20(22-7-2)23-14-16-10-11-17(25-3)19(27-5)18(16)26-4/h10-11H,6-9,12-15H2,1-5H3,(H2,22,23,24). The maximum Gasteiger partial charge on any atom is 0.203 e. The highest BCUT2D eigenvalue weighted by molar-refractivity contribution is 5.79. The Bertz CT molecular complexity index is 625. The molecule has 27 heavy (non-hydrogen) atoms. The van der Waals surface area contributed by atoms with Crippen LogP contribution in [0.25, 0.3) is 0 Å². The molecule has 152 valence electrons. The van der Waals surface area contributed by atoms with E-state index in [1.807, 2.05) is 12.1 Å². The molecule has 1 saturated carbocycles.